The minimum Gasteiger partial charge on any atom is -0.378 e. The first kappa shape index (κ1) is 19.2. The van der Waals surface area contributed by atoms with Crippen LogP contribution < -0.4 is 15.1 Å². The van der Waals surface area contributed by atoms with Crippen molar-refractivity contribution in [3.63, 3.8) is 0 Å². The number of aromatic nitrogens is 2. The Morgan fingerprint density at radius 3 is 2.62 bits per heavy atom. The van der Waals surface area contributed by atoms with Crippen LogP contribution in [0, 0.1) is 16.7 Å². The molecule has 8 heteroatoms. The smallest absolute Gasteiger partial charge is 0.248 e. The molecule has 0 aliphatic carbocycles. The van der Waals surface area contributed by atoms with Crippen LogP contribution in [-0.2, 0) is 9.53 Å². The number of nitrogens with zero attached hydrogens (tertiary/aromatic N) is 5. The van der Waals surface area contributed by atoms with Crippen LogP contribution in [-0.4, -0.2) is 48.7 Å². The molecule has 2 aromatic rings. The number of carbonyl (C=O) groups is 1. The van der Waals surface area contributed by atoms with Gasteiger partial charge in [0.25, 0.3) is 0 Å². The van der Waals surface area contributed by atoms with E-state index in [9.17, 15) is 10.1 Å². The molecule has 2 aliphatic rings. The highest BCUT2D eigenvalue weighted by Crippen LogP contribution is 2.36. The summed E-state index contributed by atoms with van der Waals surface area (Å²) in [6.45, 7) is 5.65. The third-order valence-electron chi connectivity index (χ3n) is 5.65. The van der Waals surface area contributed by atoms with E-state index in [-0.39, 0.29) is 5.91 Å². The Morgan fingerprint density at radius 1 is 1.21 bits per heavy atom. The number of amides is 1. The van der Waals surface area contributed by atoms with Crippen molar-refractivity contribution in [2.75, 3.05) is 48.0 Å². The summed E-state index contributed by atoms with van der Waals surface area (Å²) in [5, 5.41) is 12.7. The van der Waals surface area contributed by atoms with Gasteiger partial charge in [-0.2, -0.15) is 10.2 Å². The number of hydrogen-bond donors (Lipinski definition) is 1. The molecule has 0 radical (unpaired) electrons. The zero-order valence-electron chi connectivity index (χ0n) is 16.5. The van der Waals surface area contributed by atoms with Crippen LogP contribution >= 0.6 is 0 Å². The van der Waals surface area contributed by atoms with Gasteiger partial charge in [0, 0.05) is 37.2 Å². The van der Waals surface area contributed by atoms with Gasteiger partial charge in [0.05, 0.1) is 19.3 Å². The Labute approximate surface area is 170 Å². The van der Waals surface area contributed by atoms with Crippen LogP contribution in [0.25, 0.3) is 0 Å². The van der Waals surface area contributed by atoms with E-state index in [4.69, 9.17) is 4.74 Å². The number of rotatable bonds is 5. The van der Waals surface area contributed by atoms with Crippen LogP contribution in [0.1, 0.15) is 19.8 Å². The van der Waals surface area contributed by atoms with Gasteiger partial charge in [0.1, 0.15) is 11.2 Å². The van der Waals surface area contributed by atoms with Crippen LogP contribution in [0.5, 0.6) is 0 Å². The molecule has 150 valence electrons. The molecule has 1 aromatic carbocycles. The molecule has 2 aliphatic heterocycles. The molecule has 1 N–H and O–H groups in total. The number of anilines is 4. The van der Waals surface area contributed by atoms with Gasteiger partial charge in [0.2, 0.25) is 11.9 Å². The number of morpholine rings is 1. The minimum atomic E-state index is -0.937. The standard InChI is InChI=1S/C21H24N6O2/c1-2-21(15-22)8-10-27(19(21)28)18-7-9-23-20(25-18)24-16-3-5-17(6-4-16)26-11-13-29-14-12-26/h3-7,9H,2,8,10-14H2,1H3,(H,23,24,25)/t21-/m0/s1. The summed E-state index contributed by atoms with van der Waals surface area (Å²) in [5.74, 6) is 0.755. The van der Waals surface area contributed by atoms with Crippen LogP contribution in [0.2, 0.25) is 0 Å². The van der Waals surface area contributed by atoms with Crippen molar-refractivity contribution in [3.05, 3.63) is 36.5 Å². The van der Waals surface area contributed by atoms with Gasteiger partial charge in [0.15, 0.2) is 0 Å². The molecular formula is C21H24N6O2. The molecule has 1 amide bonds. The fourth-order valence-corrected chi connectivity index (χ4v) is 3.76. The second-order valence-corrected chi connectivity index (χ2v) is 7.26. The van der Waals surface area contributed by atoms with Gasteiger partial charge in [-0.3, -0.25) is 9.69 Å². The maximum Gasteiger partial charge on any atom is 0.248 e. The molecule has 2 fully saturated rings. The van der Waals surface area contributed by atoms with E-state index in [1.807, 2.05) is 19.1 Å². The number of hydrogen-bond acceptors (Lipinski definition) is 7. The number of benzene rings is 1. The van der Waals surface area contributed by atoms with E-state index < -0.39 is 5.41 Å². The first-order chi connectivity index (χ1) is 14.1. The fraction of sp³-hybridized carbons (Fsp3) is 0.429. The second-order valence-electron chi connectivity index (χ2n) is 7.26. The summed E-state index contributed by atoms with van der Waals surface area (Å²) in [7, 11) is 0. The second kappa shape index (κ2) is 8.05. The Morgan fingerprint density at radius 2 is 1.97 bits per heavy atom. The first-order valence-electron chi connectivity index (χ1n) is 9.91. The van der Waals surface area contributed by atoms with E-state index in [0.29, 0.717) is 31.2 Å². The summed E-state index contributed by atoms with van der Waals surface area (Å²) in [5.41, 5.74) is 1.09. The molecular weight excluding hydrogens is 368 g/mol. The highest BCUT2D eigenvalue weighted by atomic mass is 16.5. The third-order valence-corrected chi connectivity index (χ3v) is 5.65. The monoisotopic (exact) mass is 392 g/mol. The zero-order valence-corrected chi connectivity index (χ0v) is 16.5. The fourth-order valence-electron chi connectivity index (χ4n) is 3.76. The predicted octanol–water partition coefficient (Wildman–Crippen LogP) is 2.71. The van der Waals surface area contributed by atoms with Gasteiger partial charge >= 0.3 is 0 Å². The van der Waals surface area contributed by atoms with Crippen LogP contribution in [0.4, 0.5) is 23.1 Å². The molecule has 0 spiro atoms. The molecule has 8 nitrogen and oxygen atoms in total. The first-order valence-corrected chi connectivity index (χ1v) is 9.91. The molecule has 29 heavy (non-hydrogen) atoms. The lowest BCUT2D eigenvalue weighted by Gasteiger charge is -2.28. The summed E-state index contributed by atoms with van der Waals surface area (Å²) >= 11 is 0. The van der Waals surface area contributed by atoms with Crippen molar-refractivity contribution in [1.82, 2.24) is 9.97 Å². The van der Waals surface area contributed by atoms with Crippen LogP contribution in [0.3, 0.4) is 0 Å². The zero-order chi connectivity index (χ0) is 20.3. The van der Waals surface area contributed by atoms with E-state index in [1.54, 1.807) is 17.2 Å². The molecule has 3 heterocycles. The highest BCUT2D eigenvalue weighted by molar-refractivity contribution is 6.01. The van der Waals surface area contributed by atoms with Gasteiger partial charge in [-0.05, 0) is 43.2 Å². The van der Waals surface area contributed by atoms with Gasteiger partial charge in [-0.1, -0.05) is 6.92 Å². The summed E-state index contributed by atoms with van der Waals surface area (Å²) < 4.78 is 5.40. The maximum atomic E-state index is 12.8. The Hall–Kier alpha value is -3.18. The van der Waals surface area contributed by atoms with Crippen molar-refractivity contribution in [3.8, 4) is 6.07 Å². The minimum absolute atomic E-state index is 0.179. The summed E-state index contributed by atoms with van der Waals surface area (Å²) in [6, 6.07) is 12.0. The quantitative estimate of drug-likeness (QED) is 0.836. The highest BCUT2D eigenvalue weighted by Gasteiger charge is 2.46. The SMILES string of the molecule is CC[C@@]1(C#N)CCN(c2ccnc(Nc3ccc(N4CCOCC4)cc3)n2)C1=O. The molecule has 0 bridgehead atoms. The summed E-state index contributed by atoms with van der Waals surface area (Å²) in [4.78, 5) is 25.4. The van der Waals surface area contributed by atoms with E-state index in [1.165, 1.54) is 0 Å². The molecule has 1 aromatic heterocycles. The van der Waals surface area contributed by atoms with E-state index >= 15 is 0 Å². The molecule has 2 saturated heterocycles. The number of nitriles is 1. The maximum absolute atomic E-state index is 12.8. The normalized spacial score (nSPS) is 21.9. The van der Waals surface area contributed by atoms with E-state index in [0.717, 1.165) is 37.7 Å². The third kappa shape index (κ3) is 3.74. The van der Waals surface area contributed by atoms with Crippen molar-refractivity contribution in [2.24, 2.45) is 5.41 Å². The Bertz CT molecular complexity index is 920. The van der Waals surface area contributed by atoms with E-state index in [2.05, 4.69) is 38.4 Å². The Balaban J connectivity index is 1.47. The lowest BCUT2D eigenvalue weighted by molar-refractivity contribution is -0.123. The lowest BCUT2D eigenvalue weighted by atomic mass is 9.85. The molecule has 4 rings (SSSR count). The number of nitrogens with one attached hydrogen (secondary N) is 1. The van der Waals surface area contributed by atoms with Crippen molar-refractivity contribution in [1.29, 1.82) is 5.26 Å². The van der Waals surface area contributed by atoms with Gasteiger partial charge in [-0.15, -0.1) is 0 Å². The molecule has 0 unspecified atom stereocenters. The van der Waals surface area contributed by atoms with Crippen molar-refractivity contribution >= 4 is 29.0 Å². The average Bonchev–Trinajstić information content (AvgIpc) is 3.12. The topological polar surface area (TPSA) is 94.4 Å². The molecule has 0 saturated carbocycles. The predicted molar refractivity (Wildman–Crippen MR) is 110 cm³/mol. The van der Waals surface area contributed by atoms with Crippen LogP contribution in [0.15, 0.2) is 36.5 Å². The number of ether oxygens (including phenoxy) is 1. The lowest BCUT2D eigenvalue weighted by Crippen LogP contribution is -2.36. The molecule has 1 atom stereocenters. The Kier molecular flexibility index (Phi) is 5.32. The summed E-state index contributed by atoms with van der Waals surface area (Å²) in [6.07, 6.45) is 2.65. The number of carbonyl (C=O) groups excluding carboxylic acids is 1. The van der Waals surface area contributed by atoms with Gasteiger partial charge < -0.3 is 15.0 Å². The van der Waals surface area contributed by atoms with Crippen molar-refractivity contribution in [2.45, 2.75) is 19.8 Å². The van der Waals surface area contributed by atoms with Crippen molar-refractivity contribution < 1.29 is 9.53 Å². The largest absolute Gasteiger partial charge is 0.378 e. The van der Waals surface area contributed by atoms with Gasteiger partial charge in [-0.25, -0.2) is 4.98 Å². The average molecular weight is 392 g/mol.